The molecule has 0 N–H and O–H groups in total. The highest BCUT2D eigenvalue weighted by Crippen LogP contribution is 2.16. The van der Waals surface area contributed by atoms with Gasteiger partial charge in [-0.25, -0.2) is 0 Å². The Bertz CT molecular complexity index is 570. The normalized spacial score (nSPS) is 10.8. The summed E-state index contributed by atoms with van der Waals surface area (Å²) < 4.78 is 5.16. The predicted molar refractivity (Wildman–Crippen MR) is 76.9 cm³/mol. The van der Waals surface area contributed by atoms with Crippen molar-refractivity contribution < 1.29 is 9.21 Å². The molecule has 0 aliphatic heterocycles. The number of carbonyl (C=O) groups excluding carboxylic acids is 1. The number of carbonyl (C=O) groups is 1. The van der Waals surface area contributed by atoms with Crippen LogP contribution >= 0.6 is 0 Å². The van der Waals surface area contributed by atoms with Gasteiger partial charge in [0.25, 0.3) is 5.91 Å². The molecule has 0 saturated carbocycles. The molecule has 0 radical (unpaired) electrons. The topological polar surface area (TPSA) is 33.5 Å². The molecule has 0 bridgehead atoms. The van der Waals surface area contributed by atoms with Crippen molar-refractivity contribution in [3.8, 4) is 0 Å². The molecular formula is C16H17NO2. The molecule has 2 aromatic rings. The monoisotopic (exact) mass is 255 g/mol. The van der Waals surface area contributed by atoms with E-state index in [1.807, 2.05) is 44.2 Å². The van der Waals surface area contributed by atoms with Crippen molar-refractivity contribution in [1.82, 2.24) is 0 Å². The minimum Gasteiger partial charge on any atom is -0.465 e. The van der Waals surface area contributed by atoms with E-state index in [1.165, 1.54) is 6.08 Å². The fourth-order valence-electron chi connectivity index (χ4n) is 1.89. The van der Waals surface area contributed by atoms with E-state index in [0.29, 0.717) is 12.3 Å². The molecule has 19 heavy (non-hydrogen) atoms. The molecule has 98 valence electrons. The zero-order valence-electron chi connectivity index (χ0n) is 11.2. The van der Waals surface area contributed by atoms with Crippen molar-refractivity contribution in [3.05, 3.63) is 60.1 Å². The van der Waals surface area contributed by atoms with Gasteiger partial charge in [-0.2, -0.15) is 0 Å². The number of hydrogen-bond acceptors (Lipinski definition) is 2. The Labute approximate surface area is 113 Å². The molecule has 1 heterocycles. The molecule has 3 heteroatoms. The average Bonchev–Trinajstić information content (AvgIpc) is 2.90. The van der Waals surface area contributed by atoms with E-state index >= 15 is 0 Å². The maximum atomic E-state index is 12.2. The molecule has 1 amide bonds. The number of anilines is 1. The van der Waals surface area contributed by atoms with Gasteiger partial charge < -0.3 is 9.32 Å². The maximum Gasteiger partial charge on any atom is 0.251 e. The Balaban J connectivity index is 2.15. The lowest BCUT2D eigenvalue weighted by atomic mass is 10.2. The van der Waals surface area contributed by atoms with Crippen LogP contribution in [0.25, 0.3) is 6.08 Å². The minimum absolute atomic E-state index is 0.0514. The third-order valence-corrected chi connectivity index (χ3v) is 2.83. The molecule has 1 aromatic heterocycles. The molecule has 3 nitrogen and oxygen atoms in total. The standard InChI is InChI=1S/C16H17NO2/c1-3-17(14-7-4-6-13(2)12-14)16(18)10-9-15-8-5-11-19-15/h4-12H,3H2,1-2H3/b10-9+. The zero-order valence-corrected chi connectivity index (χ0v) is 11.2. The van der Waals surface area contributed by atoms with Gasteiger partial charge in [0.05, 0.1) is 6.26 Å². The number of benzene rings is 1. The molecule has 0 fully saturated rings. The fourth-order valence-corrected chi connectivity index (χ4v) is 1.89. The molecule has 0 atom stereocenters. The first-order chi connectivity index (χ1) is 9.20. The molecule has 1 aromatic carbocycles. The van der Waals surface area contributed by atoms with Crippen LogP contribution in [0, 0.1) is 6.92 Å². The van der Waals surface area contributed by atoms with E-state index in [9.17, 15) is 4.79 Å². The number of hydrogen-bond donors (Lipinski definition) is 0. The fraction of sp³-hybridized carbons (Fsp3) is 0.188. The van der Waals surface area contributed by atoms with Crippen molar-refractivity contribution in [3.63, 3.8) is 0 Å². The summed E-state index contributed by atoms with van der Waals surface area (Å²) in [5.41, 5.74) is 2.05. The summed E-state index contributed by atoms with van der Waals surface area (Å²) in [4.78, 5) is 13.9. The smallest absolute Gasteiger partial charge is 0.251 e. The summed E-state index contributed by atoms with van der Waals surface area (Å²) in [6, 6.07) is 11.5. The van der Waals surface area contributed by atoms with Gasteiger partial charge in [0.1, 0.15) is 5.76 Å². The SMILES string of the molecule is CCN(C(=O)/C=C/c1ccco1)c1cccc(C)c1. The number of rotatable bonds is 4. The summed E-state index contributed by atoms with van der Waals surface area (Å²) >= 11 is 0. The molecule has 0 unspecified atom stereocenters. The Morgan fingerprint density at radius 2 is 2.16 bits per heavy atom. The van der Waals surface area contributed by atoms with Crippen LogP contribution in [0.1, 0.15) is 18.2 Å². The van der Waals surface area contributed by atoms with Gasteiger partial charge in [0.2, 0.25) is 0 Å². The summed E-state index contributed by atoms with van der Waals surface area (Å²) in [6.45, 7) is 4.60. The van der Waals surface area contributed by atoms with Gasteiger partial charge in [-0.15, -0.1) is 0 Å². The lowest BCUT2D eigenvalue weighted by Gasteiger charge is -2.19. The van der Waals surface area contributed by atoms with Gasteiger partial charge in [-0.05, 0) is 49.8 Å². The first-order valence-electron chi connectivity index (χ1n) is 6.30. The van der Waals surface area contributed by atoms with Gasteiger partial charge >= 0.3 is 0 Å². The Hall–Kier alpha value is -2.29. The molecule has 0 aliphatic rings. The van der Waals surface area contributed by atoms with Crippen LogP contribution in [0.15, 0.2) is 53.2 Å². The second kappa shape index (κ2) is 6.05. The van der Waals surface area contributed by atoms with Crippen LogP contribution in [0.4, 0.5) is 5.69 Å². The first-order valence-corrected chi connectivity index (χ1v) is 6.30. The van der Waals surface area contributed by atoms with E-state index in [1.54, 1.807) is 23.3 Å². The predicted octanol–water partition coefficient (Wildman–Crippen LogP) is 3.65. The van der Waals surface area contributed by atoms with Crippen LogP contribution in [0.2, 0.25) is 0 Å². The van der Waals surface area contributed by atoms with Crippen LogP contribution in [-0.2, 0) is 4.79 Å². The van der Waals surface area contributed by atoms with E-state index in [0.717, 1.165) is 11.3 Å². The number of furan rings is 1. The van der Waals surface area contributed by atoms with E-state index < -0.39 is 0 Å². The van der Waals surface area contributed by atoms with Gasteiger partial charge in [-0.1, -0.05) is 12.1 Å². The van der Waals surface area contributed by atoms with Crippen LogP contribution in [0.5, 0.6) is 0 Å². The maximum absolute atomic E-state index is 12.2. The Morgan fingerprint density at radius 3 is 2.79 bits per heavy atom. The van der Waals surface area contributed by atoms with Crippen molar-refractivity contribution in [1.29, 1.82) is 0 Å². The molecular weight excluding hydrogens is 238 g/mol. The highest BCUT2D eigenvalue weighted by atomic mass is 16.3. The van der Waals surface area contributed by atoms with Gasteiger partial charge in [0.15, 0.2) is 0 Å². The second-order valence-corrected chi connectivity index (χ2v) is 4.27. The van der Waals surface area contributed by atoms with Crippen molar-refractivity contribution in [2.24, 2.45) is 0 Å². The van der Waals surface area contributed by atoms with E-state index in [-0.39, 0.29) is 5.91 Å². The third-order valence-electron chi connectivity index (χ3n) is 2.83. The largest absolute Gasteiger partial charge is 0.465 e. The second-order valence-electron chi connectivity index (χ2n) is 4.27. The van der Waals surface area contributed by atoms with Crippen molar-refractivity contribution in [2.45, 2.75) is 13.8 Å². The lowest BCUT2D eigenvalue weighted by molar-refractivity contribution is -0.114. The van der Waals surface area contributed by atoms with E-state index in [2.05, 4.69) is 0 Å². The van der Waals surface area contributed by atoms with Gasteiger partial charge in [-0.3, -0.25) is 4.79 Å². The lowest BCUT2D eigenvalue weighted by Crippen LogP contribution is -2.28. The van der Waals surface area contributed by atoms with Crippen molar-refractivity contribution in [2.75, 3.05) is 11.4 Å². The number of amides is 1. The summed E-state index contributed by atoms with van der Waals surface area (Å²) in [6.07, 6.45) is 4.80. The molecule has 0 saturated heterocycles. The number of likely N-dealkylation sites (N-methyl/N-ethyl adjacent to an activating group) is 1. The third kappa shape index (κ3) is 3.35. The summed E-state index contributed by atoms with van der Waals surface area (Å²) in [5, 5.41) is 0. The first kappa shape index (κ1) is 13.1. The quantitative estimate of drug-likeness (QED) is 0.781. The average molecular weight is 255 g/mol. The van der Waals surface area contributed by atoms with E-state index in [4.69, 9.17) is 4.42 Å². The van der Waals surface area contributed by atoms with Crippen LogP contribution in [0.3, 0.4) is 0 Å². The highest BCUT2D eigenvalue weighted by molar-refractivity contribution is 6.03. The van der Waals surface area contributed by atoms with Crippen molar-refractivity contribution >= 4 is 17.7 Å². The number of nitrogens with zero attached hydrogens (tertiary/aromatic N) is 1. The Kier molecular flexibility index (Phi) is 4.18. The summed E-state index contributed by atoms with van der Waals surface area (Å²) in [7, 11) is 0. The molecule has 2 rings (SSSR count). The van der Waals surface area contributed by atoms with Crippen LogP contribution in [-0.4, -0.2) is 12.5 Å². The van der Waals surface area contributed by atoms with Crippen LogP contribution < -0.4 is 4.90 Å². The minimum atomic E-state index is -0.0514. The molecule has 0 spiro atoms. The Morgan fingerprint density at radius 1 is 1.32 bits per heavy atom. The zero-order chi connectivity index (χ0) is 13.7. The molecule has 0 aliphatic carbocycles. The van der Waals surface area contributed by atoms with Gasteiger partial charge in [0, 0.05) is 18.3 Å². The highest BCUT2D eigenvalue weighted by Gasteiger charge is 2.10. The summed E-state index contributed by atoms with van der Waals surface area (Å²) in [5.74, 6) is 0.623. The number of aryl methyl sites for hydroxylation is 1.